The van der Waals surface area contributed by atoms with Gasteiger partial charge in [0.25, 0.3) is 0 Å². The van der Waals surface area contributed by atoms with Crippen molar-refractivity contribution >= 4 is 17.6 Å². The number of methoxy groups -OCH3 is 1. The van der Waals surface area contributed by atoms with E-state index in [4.69, 9.17) is 9.84 Å². The Bertz CT molecular complexity index is 725. The number of carboxylic acids is 1. The number of amides is 1. The molecule has 1 atom stereocenters. The fourth-order valence-corrected chi connectivity index (χ4v) is 2.50. The molecule has 132 valence electrons. The van der Waals surface area contributed by atoms with Crippen LogP contribution < -0.4 is 10.1 Å². The van der Waals surface area contributed by atoms with E-state index in [1.807, 2.05) is 24.3 Å². The van der Waals surface area contributed by atoms with Gasteiger partial charge in [0.05, 0.1) is 13.0 Å². The molecule has 5 heteroatoms. The third-order valence-corrected chi connectivity index (χ3v) is 4.07. The monoisotopic (exact) mass is 341 g/mol. The standard InChI is InChI=1S/C20H23NO4/c1-14(20(23)24)16-6-4-7-17(13-16)21-19(22)8-3-5-15-9-11-18(25-2)12-10-15/h4,6-7,9-14H,3,5,8H2,1-2H3,(H,21,22)(H,23,24). The summed E-state index contributed by atoms with van der Waals surface area (Å²) in [6.07, 6.45) is 1.96. The van der Waals surface area contributed by atoms with E-state index in [9.17, 15) is 9.59 Å². The zero-order valence-corrected chi connectivity index (χ0v) is 14.5. The van der Waals surface area contributed by atoms with Gasteiger partial charge in [-0.25, -0.2) is 0 Å². The maximum Gasteiger partial charge on any atom is 0.310 e. The molecule has 0 aliphatic heterocycles. The van der Waals surface area contributed by atoms with Crippen molar-refractivity contribution in [1.29, 1.82) is 0 Å². The molecule has 0 aliphatic carbocycles. The molecule has 0 aliphatic rings. The van der Waals surface area contributed by atoms with Crippen molar-refractivity contribution in [2.45, 2.75) is 32.1 Å². The van der Waals surface area contributed by atoms with Crippen molar-refractivity contribution in [3.63, 3.8) is 0 Å². The van der Waals surface area contributed by atoms with Gasteiger partial charge in [-0.2, -0.15) is 0 Å². The summed E-state index contributed by atoms with van der Waals surface area (Å²) in [7, 11) is 1.63. The number of hydrogen-bond donors (Lipinski definition) is 2. The minimum atomic E-state index is -0.886. The van der Waals surface area contributed by atoms with Crippen molar-refractivity contribution in [1.82, 2.24) is 0 Å². The van der Waals surface area contributed by atoms with Crippen LogP contribution in [0.5, 0.6) is 5.75 Å². The summed E-state index contributed by atoms with van der Waals surface area (Å²) in [4.78, 5) is 23.1. The van der Waals surface area contributed by atoms with Gasteiger partial charge in [-0.3, -0.25) is 9.59 Å². The Kier molecular flexibility index (Phi) is 6.57. The van der Waals surface area contributed by atoms with Gasteiger partial charge in [-0.15, -0.1) is 0 Å². The highest BCUT2D eigenvalue weighted by Crippen LogP contribution is 2.20. The van der Waals surface area contributed by atoms with E-state index in [2.05, 4.69) is 5.32 Å². The molecule has 0 spiro atoms. The molecule has 1 amide bonds. The summed E-state index contributed by atoms with van der Waals surface area (Å²) in [5.74, 6) is -0.750. The molecule has 25 heavy (non-hydrogen) atoms. The van der Waals surface area contributed by atoms with E-state index in [-0.39, 0.29) is 5.91 Å². The van der Waals surface area contributed by atoms with E-state index < -0.39 is 11.9 Å². The van der Waals surface area contributed by atoms with Gasteiger partial charge < -0.3 is 15.2 Å². The molecular weight excluding hydrogens is 318 g/mol. The Hall–Kier alpha value is -2.82. The van der Waals surface area contributed by atoms with Crippen LogP contribution in [-0.4, -0.2) is 24.1 Å². The Balaban J connectivity index is 1.83. The first-order valence-electron chi connectivity index (χ1n) is 8.25. The summed E-state index contributed by atoms with van der Waals surface area (Å²) in [6.45, 7) is 1.62. The quantitative estimate of drug-likeness (QED) is 0.765. The summed E-state index contributed by atoms with van der Waals surface area (Å²) >= 11 is 0. The maximum atomic E-state index is 12.1. The lowest BCUT2D eigenvalue weighted by molar-refractivity contribution is -0.138. The van der Waals surface area contributed by atoms with E-state index >= 15 is 0 Å². The predicted octanol–water partition coefficient (Wildman–Crippen LogP) is 3.84. The lowest BCUT2D eigenvalue weighted by Crippen LogP contribution is -2.12. The van der Waals surface area contributed by atoms with Gasteiger partial charge in [0.2, 0.25) is 5.91 Å². The van der Waals surface area contributed by atoms with Crippen molar-refractivity contribution < 1.29 is 19.4 Å². The number of rotatable bonds is 8. The van der Waals surface area contributed by atoms with E-state index in [0.29, 0.717) is 17.7 Å². The third kappa shape index (κ3) is 5.64. The van der Waals surface area contributed by atoms with Crippen molar-refractivity contribution in [2.24, 2.45) is 0 Å². The zero-order chi connectivity index (χ0) is 18.2. The van der Waals surface area contributed by atoms with Crippen molar-refractivity contribution in [3.8, 4) is 5.75 Å². The van der Waals surface area contributed by atoms with Gasteiger partial charge in [0.1, 0.15) is 5.75 Å². The number of carbonyl (C=O) groups is 2. The molecule has 0 heterocycles. The molecule has 2 N–H and O–H groups in total. The van der Waals surface area contributed by atoms with Gasteiger partial charge in [0.15, 0.2) is 0 Å². The van der Waals surface area contributed by atoms with Crippen LogP contribution in [0.4, 0.5) is 5.69 Å². The van der Waals surface area contributed by atoms with Crippen LogP contribution in [0, 0.1) is 0 Å². The number of carboxylic acid groups (broad SMARTS) is 1. The second kappa shape index (κ2) is 8.87. The highest BCUT2D eigenvalue weighted by atomic mass is 16.5. The molecule has 0 radical (unpaired) electrons. The van der Waals surface area contributed by atoms with Crippen LogP contribution >= 0.6 is 0 Å². The van der Waals surface area contributed by atoms with E-state index in [1.54, 1.807) is 38.3 Å². The number of nitrogens with one attached hydrogen (secondary N) is 1. The molecule has 2 aromatic rings. The van der Waals surface area contributed by atoms with Gasteiger partial charge in [0, 0.05) is 12.1 Å². The van der Waals surface area contributed by atoms with Crippen LogP contribution in [-0.2, 0) is 16.0 Å². The minimum absolute atomic E-state index is 0.0753. The second-order valence-corrected chi connectivity index (χ2v) is 5.94. The maximum absolute atomic E-state index is 12.1. The molecule has 0 saturated carbocycles. The molecule has 1 unspecified atom stereocenters. The minimum Gasteiger partial charge on any atom is -0.497 e. The van der Waals surface area contributed by atoms with Crippen molar-refractivity contribution in [3.05, 3.63) is 59.7 Å². The van der Waals surface area contributed by atoms with Gasteiger partial charge in [-0.1, -0.05) is 24.3 Å². The van der Waals surface area contributed by atoms with Crippen LogP contribution in [0.2, 0.25) is 0 Å². The van der Waals surface area contributed by atoms with Crippen LogP contribution in [0.3, 0.4) is 0 Å². The molecule has 0 saturated heterocycles. The smallest absolute Gasteiger partial charge is 0.310 e. The zero-order valence-electron chi connectivity index (χ0n) is 14.5. The largest absolute Gasteiger partial charge is 0.497 e. The Morgan fingerprint density at radius 2 is 1.88 bits per heavy atom. The number of ether oxygens (including phenoxy) is 1. The third-order valence-electron chi connectivity index (χ3n) is 4.07. The molecule has 0 fully saturated rings. The van der Waals surface area contributed by atoms with Crippen molar-refractivity contribution in [2.75, 3.05) is 12.4 Å². The first-order chi connectivity index (χ1) is 12.0. The molecule has 5 nitrogen and oxygen atoms in total. The first-order valence-corrected chi connectivity index (χ1v) is 8.25. The summed E-state index contributed by atoms with van der Waals surface area (Å²) < 4.78 is 5.12. The fourth-order valence-electron chi connectivity index (χ4n) is 2.50. The Morgan fingerprint density at radius 1 is 1.16 bits per heavy atom. The Morgan fingerprint density at radius 3 is 2.52 bits per heavy atom. The number of hydrogen-bond acceptors (Lipinski definition) is 3. The van der Waals surface area contributed by atoms with Crippen LogP contribution in [0.15, 0.2) is 48.5 Å². The summed E-state index contributed by atoms with van der Waals surface area (Å²) in [5.41, 5.74) is 2.45. The molecule has 0 bridgehead atoms. The van der Waals surface area contributed by atoms with Crippen LogP contribution in [0.1, 0.15) is 36.8 Å². The molecular formula is C20H23NO4. The van der Waals surface area contributed by atoms with E-state index in [1.165, 1.54) is 0 Å². The second-order valence-electron chi connectivity index (χ2n) is 5.94. The predicted molar refractivity (Wildman–Crippen MR) is 97.1 cm³/mol. The number of anilines is 1. The first kappa shape index (κ1) is 18.5. The van der Waals surface area contributed by atoms with E-state index in [0.717, 1.165) is 24.2 Å². The summed E-state index contributed by atoms with van der Waals surface area (Å²) in [6, 6.07) is 14.8. The average molecular weight is 341 g/mol. The number of aryl methyl sites for hydroxylation is 1. The number of benzene rings is 2. The van der Waals surface area contributed by atoms with Gasteiger partial charge >= 0.3 is 5.97 Å². The lowest BCUT2D eigenvalue weighted by atomic mass is 10.0. The summed E-state index contributed by atoms with van der Waals surface area (Å²) in [5, 5.41) is 11.9. The van der Waals surface area contributed by atoms with Crippen LogP contribution in [0.25, 0.3) is 0 Å². The number of aliphatic carboxylic acids is 1. The van der Waals surface area contributed by atoms with Gasteiger partial charge in [-0.05, 0) is 55.2 Å². The molecule has 0 aromatic heterocycles. The topological polar surface area (TPSA) is 75.6 Å². The highest BCUT2D eigenvalue weighted by molar-refractivity contribution is 5.91. The Labute approximate surface area is 147 Å². The highest BCUT2D eigenvalue weighted by Gasteiger charge is 2.14. The normalized spacial score (nSPS) is 11.6. The molecule has 2 aromatic carbocycles. The average Bonchev–Trinajstić information content (AvgIpc) is 2.61. The molecule has 2 rings (SSSR count). The SMILES string of the molecule is COc1ccc(CCCC(=O)Nc2cccc(C(C)C(=O)O)c2)cc1. The number of carbonyl (C=O) groups excluding carboxylic acids is 1. The fraction of sp³-hybridized carbons (Fsp3) is 0.300. The lowest BCUT2D eigenvalue weighted by Gasteiger charge is -2.10.